The highest BCUT2D eigenvalue weighted by molar-refractivity contribution is 5.89. The number of hydrogen-bond acceptors (Lipinski definition) is 3. The van der Waals surface area contributed by atoms with Crippen LogP contribution in [0, 0.1) is 5.92 Å². The molecule has 7 nitrogen and oxygen atoms in total. The highest BCUT2D eigenvalue weighted by Gasteiger charge is 2.27. The zero-order chi connectivity index (χ0) is 13.6. The van der Waals surface area contributed by atoms with Gasteiger partial charge >= 0.3 is 12.0 Å². The lowest BCUT2D eigenvalue weighted by Crippen LogP contribution is -2.53. The molecule has 5 N–H and O–H groups in total. The Morgan fingerprint density at radius 3 is 2.12 bits per heavy atom. The molecular formula is C10H19N3O4. The molecule has 0 fully saturated rings. The first-order chi connectivity index (χ1) is 7.79. The van der Waals surface area contributed by atoms with Crippen LogP contribution in [0.3, 0.4) is 0 Å². The maximum absolute atomic E-state index is 11.6. The fourth-order valence-electron chi connectivity index (χ4n) is 1.24. The van der Waals surface area contributed by atoms with Gasteiger partial charge in [-0.15, -0.1) is 0 Å². The van der Waals surface area contributed by atoms with Gasteiger partial charge in [-0.05, 0) is 12.8 Å². The van der Waals surface area contributed by atoms with Crippen molar-refractivity contribution in [1.29, 1.82) is 0 Å². The van der Waals surface area contributed by atoms with Gasteiger partial charge < -0.3 is 21.5 Å². The molecule has 0 rings (SSSR count). The van der Waals surface area contributed by atoms with Crippen molar-refractivity contribution in [2.45, 2.75) is 39.3 Å². The molecule has 98 valence electrons. The molecule has 0 heterocycles. The number of urea groups is 1. The molecule has 3 atom stereocenters. The monoisotopic (exact) mass is 245 g/mol. The number of carbonyl (C=O) groups is 3. The normalized spacial score (nSPS) is 15.5. The van der Waals surface area contributed by atoms with Gasteiger partial charge in [-0.3, -0.25) is 4.79 Å². The fraction of sp³-hybridized carbons (Fsp3) is 0.700. The van der Waals surface area contributed by atoms with Crippen LogP contribution >= 0.6 is 0 Å². The molecule has 0 saturated carbocycles. The number of amides is 3. The quantitative estimate of drug-likeness (QED) is 0.511. The third-order valence-corrected chi connectivity index (χ3v) is 2.53. The van der Waals surface area contributed by atoms with E-state index in [1.54, 1.807) is 6.92 Å². The van der Waals surface area contributed by atoms with E-state index < -0.39 is 30.0 Å². The highest BCUT2D eigenvalue weighted by atomic mass is 16.4. The summed E-state index contributed by atoms with van der Waals surface area (Å²) < 4.78 is 0. The number of rotatable bonds is 6. The first kappa shape index (κ1) is 15.2. The van der Waals surface area contributed by atoms with Crippen molar-refractivity contribution in [3.63, 3.8) is 0 Å². The summed E-state index contributed by atoms with van der Waals surface area (Å²) in [5.74, 6) is -1.87. The van der Waals surface area contributed by atoms with Crippen molar-refractivity contribution in [3.8, 4) is 0 Å². The summed E-state index contributed by atoms with van der Waals surface area (Å²) in [7, 11) is 0. The molecule has 0 spiro atoms. The number of carboxylic acid groups (broad SMARTS) is 1. The number of hydrogen-bond donors (Lipinski definition) is 4. The van der Waals surface area contributed by atoms with Crippen LogP contribution in [-0.2, 0) is 9.59 Å². The molecular weight excluding hydrogens is 226 g/mol. The maximum atomic E-state index is 11.6. The van der Waals surface area contributed by atoms with Gasteiger partial charge in [0.2, 0.25) is 5.91 Å². The van der Waals surface area contributed by atoms with Gasteiger partial charge in [-0.2, -0.15) is 0 Å². The zero-order valence-corrected chi connectivity index (χ0v) is 10.2. The van der Waals surface area contributed by atoms with Crippen LogP contribution in [0.15, 0.2) is 0 Å². The van der Waals surface area contributed by atoms with Crippen LogP contribution in [0.2, 0.25) is 0 Å². The molecule has 17 heavy (non-hydrogen) atoms. The van der Waals surface area contributed by atoms with E-state index in [9.17, 15) is 14.4 Å². The van der Waals surface area contributed by atoms with Crippen LogP contribution in [0.25, 0.3) is 0 Å². The molecule has 7 heteroatoms. The van der Waals surface area contributed by atoms with Gasteiger partial charge in [0.1, 0.15) is 12.1 Å². The lowest BCUT2D eigenvalue weighted by Gasteiger charge is -2.22. The zero-order valence-electron chi connectivity index (χ0n) is 10.2. The predicted molar refractivity (Wildman–Crippen MR) is 61.2 cm³/mol. The molecule has 0 radical (unpaired) electrons. The van der Waals surface area contributed by atoms with Crippen LogP contribution in [0.5, 0.6) is 0 Å². The Hall–Kier alpha value is -1.79. The van der Waals surface area contributed by atoms with Crippen molar-refractivity contribution in [2.75, 3.05) is 0 Å². The summed E-state index contributed by atoms with van der Waals surface area (Å²) in [6.07, 6.45) is 0.620. The van der Waals surface area contributed by atoms with E-state index in [-0.39, 0.29) is 5.92 Å². The largest absolute Gasteiger partial charge is 0.480 e. The molecule has 0 bridgehead atoms. The van der Waals surface area contributed by atoms with Gasteiger partial charge in [0.25, 0.3) is 0 Å². The van der Waals surface area contributed by atoms with E-state index >= 15 is 0 Å². The van der Waals surface area contributed by atoms with Crippen molar-refractivity contribution in [3.05, 3.63) is 0 Å². The number of primary amides is 1. The molecule has 0 aliphatic carbocycles. The summed E-state index contributed by atoms with van der Waals surface area (Å²) >= 11 is 0. The van der Waals surface area contributed by atoms with Crippen LogP contribution in [0.4, 0.5) is 4.79 Å². The standard InChI is InChI=1S/C10H19N3O4/c1-4-5(2)7(9(15)16)13-8(14)6(3)12-10(11)17/h5-7H,4H2,1-3H3,(H,13,14)(H,15,16)(H3,11,12,17)/t5?,6?,7-/m0/s1. The Morgan fingerprint density at radius 2 is 1.76 bits per heavy atom. The maximum Gasteiger partial charge on any atom is 0.326 e. The second kappa shape index (κ2) is 6.72. The van der Waals surface area contributed by atoms with Crippen molar-refractivity contribution in [2.24, 2.45) is 11.7 Å². The molecule has 0 aromatic carbocycles. The third-order valence-electron chi connectivity index (χ3n) is 2.53. The molecule has 0 saturated heterocycles. The topological polar surface area (TPSA) is 122 Å². The lowest BCUT2D eigenvalue weighted by molar-refractivity contribution is -0.143. The molecule has 2 unspecified atom stereocenters. The second-order valence-corrected chi connectivity index (χ2v) is 3.94. The van der Waals surface area contributed by atoms with Gasteiger partial charge in [0.15, 0.2) is 0 Å². The Kier molecular flexibility index (Phi) is 6.01. The summed E-state index contributed by atoms with van der Waals surface area (Å²) in [5, 5.41) is 13.5. The Morgan fingerprint density at radius 1 is 1.24 bits per heavy atom. The third kappa shape index (κ3) is 5.19. The first-order valence-electron chi connectivity index (χ1n) is 5.38. The Bertz CT molecular complexity index is 306. The minimum Gasteiger partial charge on any atom is -0.480 e. The fourth-order valence-corrected chi connectivity index (χ4v) is 1.24. The van der Waals surface area contributed by atoms with Gasteiger partial charge in [-0.1, -0.05) is 20.3 Å². The van der Waals surface area contributed by atoms with Crippen molar-refractivity contribution >= 4 is 17.9 Å². The Balaban J connectivity index is 4.50. The summed E-state index contributed by atoms with van der Waals surface area (Å²) in [6.45, 7) is 4.98. The predicted octanol–water partition coefficient (Wildman–Crippen LogP) is -0.341. The second-order valence-electron chi connectivity index (χ2n) is 3.94. The number of carboxylic acids is 1. The van der Waals surface area contributed by atoms with E-state index in [0.29, 0.717) is 6.42 Å². The van der Waals surface area contributed by atoms with Gasteiger partial charge in [0.05, 0.1) is 0 Å². The number of nitrogens with two attached hydrogens (primary N) is 1. The average Bonchev–Trinajstić information content (AvgIpc) is 2.22. The molecule has 0 aromatic heterocycles. The smallest absolute Gasteiger partial charge is 0.326 e. The molecule has 0 aromatic rings. The summed E-state index contributed by atoms with van der Waals surface area (Å²) in [5.41, 5.74) is 4.86. The van der Waals surface area contributed by atoms with E-state index in [2.05, 4.69) is 10.6 Å². The molecule has 3 amide bonds. The number of carbonyl (C=O) groups excluding carboxylic acids is 2. The average molecular weight is 245 g/mol. The first-order valence-corrected chi connectivity index (χ1v) is 5.38. The van der Waals surface area contributed by atoms with Gasteiger partial charge in [-0.25, -0.2) is 9.59 Å². The summed E-state index contributed by atoms with van der Waals surface area (Å²) in [6, 6.07) is -2.66. The SMILES string of the molecule is CCC(C)[C@H](NC(=O)C(C)NC(N)=O)C(=O)O. The van der Waals surface area contributed by atoms with Gasteiger partial charge in [0, 0.05) is 0 Å². The minimum atomic E-state index is -1.10. The van der Waals surface area contributed by atoms with Crippen molar-refractivity contribution in [1.82, 2.24) is 10.6 Å². The van der Waals surface area contributed by atoms with Crippen LogP contribution in [-0.4, -0.2) is 35.1 Å². The summed E-state index contributed by atoms with van der Waals surface area (Å²) in [4.78, 5) is 33.1. The number of aliphatic carboxylic acids is 1. The van der Waals surface area contributed by atoms with Crippen LogP contribution in [0.1, 0.15) is 27.2 Å². The Labute approximate surface area is 99.7 Å². The van der Waals surface area contributed by atoms with E-state index in [1.807, 2.05) is 6.92 Å². The number of nitrogens with one attached hydrogen (secondary N) is 2. The van der Waals surface area contributed by atoms with Crippen LogP contribution < -0.4 is 16.4 Å². The van der Waals surface area contributed by atoms with E-state index in [0.717, 1.165) is 0 Å². The van der Waals surface area contributed by atoms with E-state index in [1.165, 1.54) is 6.92 Å². The van der Waals surface area contributed by atoms with Crippen molar-refractivity contribution < 1.29 is 19.5 Å². The molecule has 0 aliphatic heterocycles. The van der Waals surface area contributed by atoms with E-state index in [4.69, 9.17) is 10.8 Å². The lowest BCUT2D eigenvalue weighted by atomic mass is 9.99. The minimum absolute atomic E-state index is 0.197. The molecule has 0 aliphatic rings. The highest BCUT2D eigenvalue weighted by Crippen LogP contribution is 2.08.